The second-order valence-electron chi connectivity index (χ2n) is 3.50. The zero-order chi connectivity index (χ0) is 14.6. The number of rotatable bonds is 5. The zero-order valence-electron chi connectivity index (χ0n) is 9.39. The van der Waals surface area contributed by atoms with Crippen molar-refractivity contribution in [3.8, 4) is 0 Å². The Labute approximate surface area is 105 Å². The highest BCUT2D eigenvalue weighted by molar-refractivity contribution is 5.97. The standard InChI is InChI=1S/C10H9F2N3O4/c11-7-4(1-2-14-8(7)12)9(17)15-5(10(18)19)3-6(13)16/h1-2,5H,3H2,(H2,13,16)(H,15,17)(H,18,19)/t5-/m0/s1. The Hall–Kier alpha value is -2.58. The lowest BCUT2D eigenvalue weighted by Crippen LogP contribution is -2.43. The summed E-state index contributed by atoms with van der Waals surface area (Å²) in [6.45, 7) is 0. The van der Waals surface area contributed by atoms with Gasteiger partial charge >= 0.3 is 5.97 Å². The van der Waals surface area contributed by atoms with Crippen molar-refractivity contribution < 1.29 is 28.3 Å². The molecule has 1 atom stereocenters. The third kappa shape index (κ3) is 3.69. The van der Waals surface area contributed by atoms with Crippen LogP contribution in [-0.4, -0.2) is 33.9 Å². The molecule has 1 heterocycles. The topological polar surface area (TPSA) is 122 Å². The normalized spacial score (nSPS) is 11.7. The lowest BCUT2D eigenvalue weighted by molar-refractivity contribution is -0.140. The SMILES string of the molecule is NC(=O)C[C@H](NC(=O)c1ccnc(F)c1F)C(=O)O. The second kappa shape index (κ2) is 5.85. The number of primary amides is 1. The van der Waals surface area contributed by atoms with Crippen molar-refractivity contribution in [2.24, 2.45) is 5.73 Å². The maximum absolute atomic E-state index is 13.2. The Kier molecular flexibility index (Phi) is 4.46. The number of aromatic nitrogens is 1. The molecule has 1 aromatic rings. The van der Waals surface area contributed by atoms with Crippen molar-refractivity contribution in [3.05, 3.63) is 29.6 Å². The highest BCUT2D eigenvalue weighted by Gasteiger charge is 2.25. The minimum absolute atomic E-state index is 0.670. The molecule has 102 valence electrons. The van der Waals surface area contributed by atoms with E-state index in [-0.39, 0.29) is 0 Å². The Morgan fingerprint density at radius 1 is 1.42 bits per heavy atom. The number of nitrogens with zero attached hydrogens (tertiary/aromatic N) is 1. The van der Waals surface area contributed by atoms with Crippen molar-refractivity contribution in [3.63, 3.8) is 0 Å². The smallest absolute Gasteiger partial charge is 0.326 e. The molecule has 0 aliphatic carbocycles. The van der Waals surface area contributed by atoms with Crippen LogP contribution in [0.3, 0.4) is 0 Å². The summed E-state index contributed by atoms with van der Waals surface area (Å²) in [7, 11) is 0. The van der Waals surface area contributed by atoms with Crippen LogP contribution in [0.5, 0.6) is 0 Å². The van der Waals surface area contributed by atoms with Crippen LogP contribution in [0.4, 0.5) is 8.78 Å². The molecule has 0 bridgehead atoms. The molecule has 0 fully saturated rings. The summed E-state index contributed by atoms with van der Waals surface area (Å²) in [6.07, 6.45) is 0.174. The number of carbonyl (C=O) groups is 3. The van der Waals surface area contributed by atoms with Crippen LogP contribution in [0, 0.1) is 11.8 Å². The third-order valence-electron chi connectivity index (χ3n) is 2.10. The van der Waals surface area contributed by atoms with Gasteiger partial charge in [-0.25, -0.2) is 14.2 Å². The second-order valence-corrected chi connectivity index (χ2v) is 3.50. The molecule has 0 saturated carbocycles. The van der Waals surface area contributed by atoms with E-state index in [1.807, 2.05) is 5.32 Å². The molecule has 0 aromatic carbocycles. The van der Waals surface area contributed by atoms with Gasteiger partial charge in [-0.05, 0) is 6.07 Å². The molecule has 0 aliphatic rings. The molecule has 1 aromatic heterocycles. The average molecular weight is 273 g/mol. The van der Waals surface area contributed by atoms with Gasteiger partial charge in [0.15, 0.2) is 5.82 Å². The summed E-state index contributed by atoms with van der Waals surface area (Å²) in [5.74, 6) is -6.68. The quantitative estimate of drug-likeness (QED) is 0.619. The number of nitrogens with two attached hydrogens (primary N) is 1. The fourth-order valence-electron chi connectivity index (χ4n) is 1.23. The molecule has 4 N–H and O–H groups in total. The van der Waals surface area contributed by atoms with Crippen LogP contribution in [0.15, 0.2) is 12.3 Å². The van der Waals surface area contributed by atoms with Crippen molar-refractivity contribution >= 4 is 17.8 Å². The van der Waals surface area contributed by atoms with Gasteiger partial charge in [0.05, 0.1) is 12.0 Å². The first kappa shape index (κ1) is 14.5. The summed E-state index contributed by atoms with van der Waals surface area (Å²) in [6, 6.07) is -0.752. The summed E-state index contributed by atoms with van der Waals surface area (Å²) in [5, 5.41) is 10.6. The first-order chi connectivity index (χ1) is 8.82. The average Bonchev–Trinajstić information content (AvgIpc) is 2.31. The van der Waals surface area contributed by atoms with E-state index < -0.39 is 47.6 Å². The number of carboxylic acid groups (broad SMARTS) is 1. The minimum Gasteiger partial charge on any atom is -0.480 e. The molecule has 2 amide bonds. The van der Waals surface area contributed by atoms with E-state index in [2.05, 4.69) is 4.98 Å². The predicted molar refractivity (Wildman–Crippen MR) is 56.9 cm³/mol. The monoisotopic (exact) mass is 273 g/mol. The van der Waals surface area contributed by atoms with Crippen LogP contribution in [0.2, 0.25) is 0 Å². The Bertz CT molecular complexity index is 536. The number of pyridine rings is 1. The largest absolute Gasteiger partial charge is 0.480 e. The highest BCUT2D eigenvalue weighted by atomic mass is 19.2. The lowest BCUT2D eigenvalue weighted by atomic mass is 10.1. The van der Waals surface area contributed by atoms with Crippen molar-refractivity contribution in [1.82, 2.24) is 10.3 Å². The molecule has 7 nitrogen and oxygen atoms in total. The molecular weight excluding hydrogens is 264 g/mol. The van der Waals surface area contributed by atoms with Gasteiger partial charge in [-0.3, -0.25) is 9.59 Å². The first-order valence-corrected chi connectivity index (χ1v) is 4.95. The molecule has 1 rings (SSSR count). The van der Waals surface area contributed by atoms with Gasteiger partial charge in [0.25, 0.3) is 5.91 Å². The molecule has 0 radical (unpaired) electrons. The van der Waals surface area contributed by atoms with Crippen LogP contribution < -0.4 is 11.1 Å². The maximum atomic E-state index is 13.2. The van der Waals surface area contributed by atoms with Gasteiger partial charge in [0.2, 0.25) is 11.9 Å². The fourth-order valence-corrected chi connectivity index (χ4v) is 1.23. The van der Waals surface area contributed by atoms with Crippen molar-refractivity contribution in [1.29, 1.82) is 0 Å². The Balaban J connectivity index is 2.91. The van der Waals surface area contributed by atoms with Gasteiger partial charge < -0.3 is 16.2 Å². The van der Waals surface area contributed by atoms with E-state index in [1.54, 1.807) is 0 Å². The highest BCUT2D eigenvalue weighted by Crippen LogP contribution is 2.09. The number of carbonyl (C=O) groups excluding carboxylic acids is 2. The number of hydrogen-bond acceptors (Lipinski definition) is 4. The number of aliphatic carboxylic acids is 1. The third-order valence-corrected chi connectivity index (χ3v) is 2.10. The maximum Gasteiger partial charge on any atom is 0.326 e. The van der Waals surface area contributed by atoms with Gasteiger partial charge in [-0.15, -0.1) is 0 Å². The van der Waals surface area contributed by atoms with Crippen LogP contribution in [-0.2, 0) is 9.59 Å². The van der Waals surface area contributed by atoms with E-state index in [0.29, 0.717) is 0 Å². The van der Waals surface area contributed by atoms with E-state index in [0.717, 1.165) is 12.3 Å². The van der Waals surface area contributed by atoms with Gasteiger partial charge in [-0.1, -0.05) is 0 Å². The predicted octanol–water partition coefficient (Wildman–Crippen LogP) is -0.582. The zero-order valence-corrected chi connectivity index (χ0v) is 9.39. The molecule has 0 saturated heterocycles. The molecule has 0 aliphatic heterocycles. The molecule has 9 heteroatoms. The number of carboxylic acids is 1. The summed E-state index contributed by atoms with van der Waals surface area (Å²) in [4.78, 5) is 35.9. The number of amides is 2. The molecular formula is C10H9F2N3O4. The number of halogens is 2. The van der Waals surface area contributed by atoms with Gasteiger partial charge in [0, 0.05) is 6.20 Å². The van der Waals surface area contributed by atoms with Crippen molar-refractivity contribution in [2.45, 2.75) is 12.5 Å². The Morgan fingerprint density at radius 2 is 2.05 bits per heavy atom. The number of hydrogen-bond donors (Lipinski definition) is 3. The van der Waals surface area contributed by atoms with Crippen LogP contribution in [0.25, 0.3) is 0 Å². The molecule has 19 heavy (non-hydrogen) atoms. The summed E-state index contributed by atoms with van der Waals surface area (Å²) >= 11 is 0. The first-order valence-electron chi connectivity index (χ1n) is 4.95. The van der Waals surface area contributed by atoms with Crippen molar-refractivity contribution in [2.75, 3.05) is 0 Å². The Morgan fingerprint density at radius 3 is 2.58 bits per heavy atom. The summed E-state index contributed by atoms with van der Waals surface area (Å²) < 4.78 is 26.0. The van der Waals surface area contributed by atoms with E-state index in [1.165, 1.54) is 0 Å². The van der Waals surface area contributed by atoms with Crippen LogP contribution in [0.1, 0.15) is 16.8 Å². The van der Waals surface area contributed by atoms with E-state index in [9.17, 15) is 23.2 Å². The van der Waals surface area contributed by atoms with Crippen LogP contribution >= 0.6 is 0 Å². The lowest BCUT2D eigenvalue weighted by Gasteiger charge is -2.12. The molecule has 0 spiro atoms. The van der Waals surface area contributed by atoms with E-state index in [4.69, 9.17) is 10.8 Å². The fraction of sp³-hybridized carbons (Fsp3) is 0.200. The summed E-state index contributed by atoms with van der Waals surface area (Å²) in [5.41, 5.74) is 4.08. The molecule has 0 unspecified atom stereocenters. The van der Waals surface area contributed by atoms with Gasteiger partial charge in [0.1, 0.15) is 6.04 Å². The van der Waals surface area contributed by atoms with Gasteiger partial charge in [-0.2, -0.15) is 4.39 Å². The van der Waals surface area contributed by atoms with E-state index >= 15 is 0 Å². The number of nitrogens with one attached hydrogen (secondary N) is 1. The minimum atomic E-state index is -1.62.